The van der Waals surface area contributed by atoms with Gasteiger partial charge in [0, 0.05) is 0 Å². The summed E-state index contributed by atoms with van der Waals surface area (Å²) in [5, 5.41) is 27.7. The molecule has 3 heteroatoms. The fourth-order valence-corrected chi connectivity index (χ4v) is 1.19. The summed E-state index contributed by atoms with van der Waals surface area (Å²) in [5.41, 5.74) is 0.636. The quantitative estimate of drug-likeness (QED) is 0.626. The molecule has 1 aromatic rings. The van der Waals surface area contributed by atoms with E-state index in [0.29, 0.717) is 12.0 Å². The van der Waals surface area contributed by atoms with Gasteiger partial charge in [-0.2, -0.15) is 0 Å². The molecule has 0 saturated heterocycles. The first kappa shape index (κ1) is 9.86. The van der Waals surface area contributed by atoms with Gasteiger partial charge in [-0.15, -0.1) is 0 Å². The highest BCUT2D eigenvalue weighted by atomic mass is 16.3. The van der Waals surface area contributed by atoms with E-state index in [4.69, 9.17) is 10.2 Å². The van der Waals surface area contributed by atoms with E-state index in [9.17, 15) is 5.11 Å². The Labute approximate surface area is 77.3 Å². The van der Waals surface area contributed by atoms with Crippen LogP contribution >= 0.6 is 0 Å². The van der Waals surface area contributed by atoms with Crippen LogP contribution in [-0.4, -0.2) is 15.3 Å². The van der Waals surface area contributed by atoms with Crippen LogP contribution in [0.5, 0.6) is 11.5 Å². The predicted octanol–water partition coefficient (Wildman–Crippen LogP) is 1.93. The van der Waals surface area contributed by atoms with Crippen molar-refractivity contribution in [3.05, 3.63) is 23.8 Å². The van der Waals surface area contributed by atoms with Gasteiger partial charge in [-0.25, -0.2) is 0 Å². The molecule has 13 heavy (non-hydrogen) atoms. The van der Waals surface area contributed by atoms with Crippen molar-refractivity contribution in [2.75, 3.05) is 0 Å². The first-order valence-corrected chi connectivity index (χ1v) is 4.35. The van der Waals surface area contributed by atoms with Gasteiger partial charge in [-0.3, -0.25) is 0 Å². The van der Waals surface area contributed by atoms with Crippen LogP contribution in [0.15, 0.2) is 18.2 Å². The van der Waals surface area contributed by atoms with Crippen molar-refractivity contribution in [1.29, 1.82) is 0 Å². The molecule has 1 aromatic carbocycles. The molecule has 0 amide bonds. The minimum atomic E-state index is -0.559. The van der Waals surface area contributed by atoms with Crippen molar-refractivity contribution in [1.82, 2.24) is 0 Å². The third-order valence-electron chi connectivity index (χ3n) is 1.95. The maximum Gasteiger partial charge on any atom is 0.157 e. The summed E-state index contributed by atoms with van der Waals surface area (Å²) in [6.07, 6.45) is 0.976. The summed E-state index contributed by atoms with van der Waals surface area (Å²) in [6, 6.07) is 4.37. The second-order valence-corrected chi connectivity index (χ2v) is 3.05. The van der Waals surface area contributed by atoms with Gasteiger partial charge in [0.2, 0.25) is 0 Å². The highest BCUT2D eigenvalue weighted by Crippen LogP contribution is 2.29. The molecule has 0 aliphatic heterocycles. The van der Waals surface area contributed by atoms with Crippen molar-refractivity contribution in [3.8, 4) is 11.5 Å². The Morgan fingerprint density at radius 1 is 1.23 bits per heavy atom. The molecule has 0 aromatic heterocycles. The number of phenols is 2. The Bertz CT molecular complexity index is 283. The van der Waals surface area contributed by atoms with Gasteiger partial charge < -0.3 is 15.3 Å². The number of hydrogen-bond acceptors (Lipinski definition) is 3. The van der Waals surface area contributed by atoms with Crippen molar-refractivity contribution in [2.24, 2.45) is 0 Å². The molecule has 3 N–H and O–H groups in total. The lowest BCUT2D eigenvalue weighted by Gasteiger charge is -2.09. The van der Waals surface area contributed by atoms with E-state index >= 15 is 0 Å². The average molecular weight is 182 g/mol. The van der Waals surface area contributed by atoms with Crippen LogP contribution in [0, 0.1) is 0 Å². The van der Waals surface area contributed by atoms with Crippen LogP contribution in [0.4, 0.5) is 0 Å². The van der Waals surface area contributed by atoms with E-state index < -0.39 is 6.10 Å². The number of aliphatic hydroxyl groups excluding tert-OH is 1. The smallest absolute Gasteiger partial charge is 0.157 e. The van der Waals surface area contributed by atoms with Crippen molar-refractivity contribution in [3.63, 3.8) is 0 Å². The van der Waals surface area contributed by atoms with Crippen LogP contribution in [0.1, 0.15) is 31.4 Å². The zero-order chi connectivity index (χ0) is 9.84. The van der Waals surface area contributed by atoms with Gasteiger partial charge in [0.15, 0.2) is 11.5 Å². The second-order valence-electron chi connectivity index (χ2n) is 3.05. The van der Waals surface area contributed by atoms with Gasteiger partial charge in [-0.1, -0.05) is 19.4 Å². The van der Waals surface area contributed by atoms with Gasteiger partial charge in [-0.05, 0) is 24.1 Å². The zero-order valence-corrected chi connectivity index (χ0v) is 7.57. The largest absolute Gasteiger partial charge is 0.504 e. The summed E-state index contributed by atoms with van der Waals surface area (Å²) < 4.78 is 0. The standard InChI is InChI=1S/C10H14O3/c1-2-3-8(11)7-4-5-9(12)10(13)6-7/h4-6,8,11-13H,2-3H2,1H3/t8-/m0/s1. The van der Waals surface area contributed by atoms with E-state index in [0.717, 1.165) is 6.42 Å². The molecule has 0 radical (unpaired) electrons. The number of rotatable bonds is 3. The van der Waals surface area contributed by atoms with Crippen LogP contribution < -0.4 is 0 Å². The van der Waals surface area contributed by atoms with Gasteiger partial charge >= 0.3 is 0 Å². The van der Waals surface area contributed by atoms with E-state index in [1.165, 1.54) is 12.1 Å². The molecule has 0 bridgehead atoms. The predicted molar refractivity (Wildman–Crippen MR) is 49.6 cm³/mol. The third kappa shape index (κ3) is 2.36. The normalized spacial score (nSPS) is 12.8. The molecule has 0 spiro atoms. The molecule has 1 atom stereocenters. The monoisotopic (exact) mass is 182 g/mol. The molecule has 3 nitrogen and oxygen atoms in total. The van der Waals surface area contributed by atoms with Crippen molar-refractivity contribution < 1.29 is 15.3 Å². The first-order valence-electron chi connectivity index (χ1n) is 4.35. The van der Waals surface area contributed by atoms with E-state index in [2.05, 4.69) is 0 Å². The fraction of sp³-hybridized carbons (Fsp3) is 0.400. The lowest BCUT2D eigenvalue weighted by atomic mass is 10.0. The Morgan fingerprint density at radius 3 is 2.46 bits per heavy atom. The van der Waals surface area contributed by atoms with Crippen LogP contribution in [0.3, 0.4) is 0 Å². The number of aliphatic hydroxyl groups is 1. The second kappa shape index (κ2) is 4.14. The number of phenolic OH excluding ortho intramolecular Hbond substituents is 2. The Balaban J connectivity index is 2.84. The van der Waals surface area contributed by atoms with Gasteiger partial charge in [0.1, 0.15) is 0 Å². The van der Waals surface area contributed by atoms with Gasteiger partial charge in [0.25, 0.3) is 0 Å². The maximum atomic E-state index is 9.54. The minimum Gasteiger partial charge on any atom is -0.504 e. The highest BCUT2D eigenvalue weighted by molar-refractivity contribution is 5.41. The minimum absolute atomic E-state index is 0.160. The van der Waals surface area contributed by atoms with Crippen LogP contribution in [0.2, 0.25) is 0 Å². The summed E-state index contributed by atoms with van der Waals surface area (Å²) in [4.78, 5) is 0. The SMILES string of the molecule is CCC[C@H](O)c1ccc(O)c(O)c1. The molecule has 0 fully saturated rings. The summed E-state index contributed by atoms with van der Waals surface area (Å²) in [5.74, 6) is -0.347. The number of hydrogen-bond donors (Lipinski definition) is 3. The van der Waals surface area contributed by atoms with Crippen LogP contribution in [-0.2, 0) is 0 Å². The van der Waals surface area contributed by atoms with Crippen molar-refractivity contribution >= 4 is 0 Å². The third-order valence-corrected chi connectivity index (χ3v) is 1.95. The molecule has 1 rings (SSSR count). The summed E-state index contributed by atoms with van der Waals surface area (Å²) in [7, 11) is 0. The molecule has 0 aliphatic rings. The summed E-state index contributed by atoms with van der Waals surface area (Å²) in [6.45, 7) is 1.98. The maximum absolute atomic E-state index is 9.54. The summed E-state index contributed by atoms with van der Waals surface area (Å²) >= 11 is 0. The molecule has 72 valence electrons. The van der Waals surface area contributed by atoms with E-state index in [1.807, 2.05) is 6.92 Å². The molecule has 0 aliphatic carbocycles. The lowest BCUT2D eigenvalue weighted by molar-refractivity contribution is 0.166. The Hall–Kier alpha value is -1.22. The Kier molecular flexibility index (Phi) is 3.14. The molecule has 0 saturated carbocycles. The van der Waals surface area contributed by atoms with Crippen molar-refractivity contribution in [2.45, 2.75) is 25.9 Å². The van der Waals surface area contributed by atoms with Gasteiger partial charge in [0.05, 0.1) is 6.10 Å². The molecule has 0 heterocycles. The zero-order valence-electron chi connectivity index (χ0n) is 7.57. The topological polar surface area (TPSA) is 60.7 Å². The highest BCUT2D eigenvalue weighted by Gasteiger charge is 2.08. The average Bonchev–Trinajstić information content (AvgIpc) is 2.10. The Morgan fingerprint density at radius 2 is 1.92 bits per heavy atom. The van der Waals surface area contributed by atoms with Crippen LogP contribution in [0.25, 0.3) is 0 Å². The molecular formula is C10H14O3. The van der Waals surface area contributed by atoms with E-state index in [-0.39, 0.29) is 11.5 Å². The number of aromatic hydroxyl groups is 2. The molecule has 0 unspecified atom stereocenters. The van der Waals surface area contributed by atoms with E-state index in [1.54, 1.807) is 6.07 Å². The number of benzene rings is 1. The fourth-order valence-electron chi connectivity index (χ4n) is 1.19. The molecular weight excluding hydrogens is 168 g/mol. The first-order chi connectivity index (χ1) is 6.15. The lowest BCUT2D eigenvalue weighted by Crippen LogP contribution is -1.95.